The lowest BCUT2D eigenvalue weighted by Gasteiger charge is -2.32. The largest absolute Gasteiger partial charge is 0.450 e. The average Bonchev–Trinajstić information content (AvgIpc) is 2.30. The van der Waals surface area contributed by atoms with E-state index >= 15 is 0 Å². The van der Waals surface area contributed by atoms with Crippen LogP contribution in [-0.4, -0.2) is 18.5 Å². The molecule has 0 aliphatic carbocycles. The number of thioether (sulfide) groups is 1. The lowest BCUT2D eigenvalue weighted by Crippen LogP contribution is -2.23. The van der Waals surface area contributed by atoms with Crippen molar-refractivity contribution in [3.8, 4) is 0 Å². The zero-order valence-corrected chi connectivity index (χ0v) is 11.9. The normalized spacial score (nSPS) is 16.8. The molecular weight excluding hydrogens is 246 g/mol. The van der Waals surface area contributed by atoms with Crippen molar-refractivity contribution in [2.45, 2.75) is 37.5 Å². The first kappa shape index (κ1) is 13.3. The Morgan fingerprint density at radius 1 is 1.50 bits per heavy atom. The third-order valence-electron chi connectivity index (χ3n) is 3.22. The van der Waals surface area contributed by atoms with Gasteiger partial charge in [0.25, 0.3) is 0 Å². The molecule has 1 N–H and O–H groups in total. The number of nitrogens with one attached hydrogen (secondary N) is 1. The van der Waals surface area contributed by atoms with Crippen molar-refractivity contribution in [3.05, 3.63) is 23.8 Å². The van der Waals surface area contributed by atoms with Crippen LogP contribution in [0.1, 0.15) is 32.8 Å². The van der Waals surface area contributed by atoms with E-state index in [0.717, 1.165) is 17.9 Å². The van der Waals surface area contributed by atoms with Crippen LogP contribution in [0.25, 0.3) is 0 Å². The Hall–Kier alpha value is -1.16. The molecule has 0 unspecified atom stereocenters. The highest BCUT2D eigenvalue weighted by Gasteiger charge is 2.28. The van der Waals surface area contributed by atoms with Gasteiger partial charge < -0.3 is 4.74 Å². The molecule has 0 spiro atoms. The molecule has 2 rings (SSSR count). The van der Waals surface area contributed by atoms with E-state index in [1.54, 1.807) is 6.92 Å². The molecule has 0 saturated carbocycles. The minimum atomic E-state index is -0.390. The minimum Gasteiger partial charge on any atom is -0.450 e. The topological polar surface area (TPSA) is 38.3 Å². The van der Waals surface area contributed by atoms with Crippen LogP contribution < -0.4 is 5.32 Å². The molecule has 0 aromatic heterocycles. The molecule has 0 atom stereocenters. The maximum atomic E-state index is 11.4. The monoisotopic (exact) mass is 265 g/mol. The number of ether oxygens (including phenoxy) is 1. The fourth-order valence-electron chi connectivity index (χ4n) is 2.10. The average molecular weight is 265 g/mol. The van der Waals surface area contributed by atoms with Crippen LogP contribution >= 0.6 is 11.8 Å². The van der Waals surface area contributed by atoms with E-state index < -0.39 is 6.09 Å². The van der Waals surface area contributed by atoms with Gasteiger partial charge in [0, 0.05) is 10.6 Å². The fraction of sp³-hybridized carbons (Fsp3) is 0.500. The number of hydrogen-bond acceptors (Lipinski definition) is 3. The molecule has 1 amide bonds. The smallest absolute Gasteiger partial charge is 0.411 e. The van der Waals surface area contributed by atoms with Crippen LogP contribution in [0, 0.1) is 0 Å². The molecule has 98 valence electrons. The second-order valence-electron chi connectivity index (χ2n) is 5.04. The molecule has 1 aromatic carbocycles. The Balaban J connectivity index is 2.23. The summed E-state index contributed by atoms with van der Waals surface area (Å²) in [5.74, 6) is 1.16. The summed E-state index contributed by atoms with van der Waals surface area (Å²) in [7, 11) is 0. The van der Waals surface area contributed by atoms with E-state index in [0.29, 0.717) is 6.61 Å². The van der Waals surface area contributed by atoms with Crippen molar-refractivity contribution in [1.29, 1.82) is 0 Å². The van der Waals surface area contributed by atoms with Gasteiger partial charge in [-0.2, -0.15) is 0 Å². The predicted molar refractivity (Wildman–Crippen MR) is 75.5 cm³/mol. The zero-order valence-electron chi connectivity index (χ0n) is 11.1. The van der Waals surface area contributed by atoms with Crippen molar-refractivity contribution < 1.29 is 9.53 Å². The lowest BCUT2D eigenvalue weighted by molar-refractivity contribution is 0.168. The Kier molecular flexibility index (Phi) is 3.85. The Morgan fingerprint density at radius 2 is 2.28 bits per heavy atom. The highest BCUT2D eigenvalue weighted by atomic mass is 32.2. The summed E-state index contributed by atoms with van der Waals surface area (Å²) in [5.41, 5.74) is 2.29. The van der Waals surface area contributed by atoms with Crippen molar-refractivity contribution in [2.24, 2.45) is 0 Å². The van der Waals surface area contributed by atoms with Crippen molar-refractivity contribution >= 4 is 23.5 Å². The molecule has 18 heavy (non-hydrogen) atoms. The van der Waals surface area contributed by atoms with E-state index in [1.165, 1.54) is 10.5 Å². The molecule has 0 fully saturated rings. The van der Waals surface area contributed by atoms with Crippen LogP contribution in [0.4, 0.5) is 10.5 Å². The van der Waals surface area contributed by atoms with Crippen LogP contribution in [0.2, 0.25) is 0 Å². The molecular formula is C14H19NO2S. The molecule has 0 bridgehead atoms. The van der Waals surface area contributed by atoms with E-state index in [2.05, 4.69) is 31.3 Å². The van der Waals surface area contributed by atoms with E-state index in [4.69, 9.17) is 4.74 Å². The van der Waals surface area contributed by atoms with Gasteiger partial charge in [-0.3, -0.25) is 5.32 Å². The highest BCUT2D eigenvalue weighted by Crippen LogP contribution is 2.42. The molecule has 4 heteroatoms. The first-order valence-electron chi connectivity index (χ1n) is 6.24. The minimum absolute atomic E-state index is 0.174. The summed E-state index contributed by atoms with van der Waals surface area (Å²) in [5, 5.41) is 2.76. The van der Waals surface area contributed by atoms with E-state index in [-0.39, 0.29) is 5.41 Å². The first-order chi connectivity index (χ1) is 8.53. The Morgan fingerprint density at radius 3 is 3.00 bits per heavy atom. The lowest BCUT2D eigenvalue weighted by atomic mass is 9.81. The van der Waals surface area contributed by atoms with Gasteiger partial charge in [-0.15, -0.1) is 11.8 Å². The maximum absolute atomic E-state index is 11.4. The van der Waals surface area contributed by atoms with Gasteiger partial charge >= 0.3 is 6.09 Å². The van der Waals surface area contributed by atoms with Crippen molar-refractivity contribution in [3.63, 3.8) is 0 Å². The first-order valence-corrected chi connectivity index (χ1v) is 7.22. The summed E-state index contributed by atoms with van der Waals surface area (Å²) < 4.78 is 4.89. The Labute approximate surface area is 112 Å². The van der Waals surface area contributed by atoms with Crippen LogP contribution in [0.3, 0.4) is 0 Å². The quantitative estimate of drug-likeness (QED) is 0.877. The number of anilines is 1. The summed E-state index contributed by atoms with van der Waals surface area (Å²) in [6.45, 7) is 6.68. The Bertz CT molecular complexity index is 457. The number of carbonyl (C=O) groups excluding carboxylic acids is 1. The van der Waals surface area contributed by atoms with Crippen molar-refractivity contribution in [1.82, 2.24) is 0 Å². The van der Waals surface area contributed by atoms with Gasteiger partial charge in [-0.1, -0.05) is 13.8 Å². The summed E-state index contributed by atoms with van der Waals surface area (Å²) >= 11 is 1.88. The van der Waals surface area contributed by atoms with Gasteiger partial charge in [0.1, 0.15) is 0 Å². The van der Waals surface area contributed by atoms with E-state index in [9.17, 15) is 4.79 Å². The summed E-state index contributed by atoms with van der Waals surface area (Å²) in [6, 6.07) is 6.09. The third-order valence-corrected chi connectivity index (χ3v) is 4.29. The third kappa shape index (κ3) is 2.80. The number of amides is 1. The molecule has 1 aliphatic heterocycles. The highest BCUT2D eigenvalue weighted by molar-refractivity contribution is 7.99. The molecule has 1 heterocycles. The zero-order chi connectivity index (χ0) is 13.2. The SMILES string of the molecule is CCOC(=O)Nc1ccc2c(c1)C(C)(C)CCS2. The molecule has 1 aromatic rings. The van der Waals surface area contributed by atoms with Gasteiger partial charge in [-0.25, -0.2) is 4.79 Å². The number of hydrogen-bond donors (Lipinski definition) is 1. The fourth-order valence-corrected chi connectivity index (χ4v) is 3.59. The predicted octanol–water partition coefficient (Wildman–Crippen LogP) is 4.03. The summed E-state index contributed by atoms with van der Waals surface area (Å²) in [6.07, 6.45) is 0.770. The molecule has 3 nitrogen and oxygen atoms in total. The second kappa shape index (κ2) is 5.22. The van der Waals surface area contributed by atoms with Gasteiger partial charge in [0.15, 0.2) is 0 Å². The van der Waals surface area contributed by atoms with E-state index in [1.807, 2.05) is 17.8 Å². The second-order valence-corrected chi connectivity index (χ2v) is 6.18. The van der Waals surface area contributed by atoms with Gasteiger partial charge in [0.2, 0.25) is 0 Å². The number of carbonyl (C=O) groups is 1. The number of fused-ring (bicyclic) bond motifs is 1. The molecule has 0 radical (unpaired) electrons. The summed E-state index contributed by atoms with van der Waals surface area (Å²) in [4.78, 5) is 12.7. The standard InChI is InChI=1S/C14H19NO2S/c1-4-17-13(16)15-10-5-6-12-11(9-10)14(2,3)7-8-18-12/h5-6,9H,4,7-8H2,1-3H3,(H,15,16). The molecule has 1 aliphatic rings. The van der Waals surface area contributed by atoms with Crippen LogP contribution in [0.15, 0.2) is 23.1 Å². The number of benzene rings is 1. The maximum Gasteiger partial charge on any atom is 0.411 e. The van der Waals surface area contributed by atoms with Gasteiger partial charge in [0.05, 0.1) is 6.61 Å². The van der Waals surface area contributed by atoms with Crippen LogP contribution in [-0.2, 0) is 10.2 Å². The van der Waals surface area contributed by atoms with Gasteiger partial charge in [-0.05, 0) is 48.3 Å². The van der Waals surface area contributed by atoms with Crippen LogP contribution in [0.5, 0.6) is 0 Å². The number of rotatable bonds is 2. The molecule has 0 saturated heterocycles. The van der Waals surface area contributed by atoms with Crippen molar-refractivity contribution in [2.75, 3.05) is 17.7 Å².